The fourth-order valence-corrected chi connectivity index (χ4v) is 3.61. The van der Waals surface area contributed by atoms with Crippen LogP contribution in [-0.4, -0.2) is 11.6 Å². The van der Waals surface area contributed by atoms with Gasteiger partial charge in [-0.25, -0.2) is 4.98 Å². The van der Waals surface area contributed by atoms with Crippen LogP contribution in [0.1, 0.15) is 18.7 Å². The summed E-state index contributed by atoms with van der Waals surface area (Å²) in [5.41, 5.74) is 3.20. The summed E-state index contributed by atoms with van der Waals surface area (Å²) in [6.07, 6.45) is 0.961. The number of ether oxygens (including phenoxy) is 1. The van der Waals surface area contributed by atoms with Crippen LogP contribution in [0.5, 0.6) is 5.75 Å². The number of nitrogens with zero attached hydrogens (tertiary/aromatic N) is 1. The van der Waals surface area contributed by atoms with Crippen LogP contribution < -0.4 is 10.1 Å². The van der Waals surface area contributed by atoms with Crippen molar-refractivity contribution < 1.29 is 4.74 Å². The molecule has 3 aromatic rings. The van der Waals surface area contributed by atoms with E-state index in [4.69, 9.17) is 9.72 Å². The van der Waals surface area contributed by atoms with Gasteiger partial charge in [-0.05, 0) is 61.9 Å². The van der Waals surface area contributed by atoms with Gasteiger partial charge in [0.15, 0.2) is 5.13 Å². The minimum Gasteiger partial charge on any atom is -0.494 e. The first kappa shape index (κ1) is 17.0. The lowest BCUT2D eigenvalue weighted by Gasteiger charge is -2.04. The summed E-state index contributed by atoms with van der Waals surface area (Å²) >= 11 is 5.16. The van der Waals surface area contributed by atoms with E-state index < -0.39 is 0 Å². The molecule has 3 nitrogen and oxygen atoms in total. The van der Waals surface area contributed by atoms with Crippen LogP contribution in [-0.2, 0) is 6.42 Å². The first-order valence-corrected chi connectivity index (χ1v) is 9.56. The maximum atomic E-state index is 5.51. The van der Waals surface area contributed by atoms with Gasteiger partial charge in [0.2, 0.25) is 0 Å². The fraction of sp³-hybridized carbons (Fsp3) is 0.211. The van der Waals surface area contributed by atoms with E-state index in [9.17, 15) is 0 Å². The summed E-state index contributed by atoms with van der Waals surface area (Å²) in [5.74, 6) is 0.891. The quantitative estimate of drug-likeness (QED) is 0.526. The van der Waals surface area contributed by atoms with E-state index >= 15 is 0 Å². The second-order valence-electron chi connectivity index (χ2n) is 5.23. The van der Waals surface area contributed by atoms with Crippen molar-refractivity contribution in [1.29, 1.82) is 0 Å². The third-order valence-electron chi connectivity index (χ3n) is 3.55. The highest BCUT2D eigenvalue weighted by Gasteiger charge is 2.12. The number of rotatable bonds is 6. The Morgan fingerprint density at radius 1 is 1.04 bits per heavy atom. The molecule has 0 aliphatic heterocycles. The fourth-order valence-electron chi connectivity index (χ4n) is 2.40. The molecule has 5 heteroatoms. The standard InChI is InChI=1S/C19H19BrN2OS/c1-3-17-18(13-5-11-16(12-6-13)23-4-2)22-19(24-17)21-15-9-7-14(20)8-10-15/h5-12H,3-4H2,1-2H3,(H,21,22). The molecule has 0 saturated carbocycles. The number of hydrogen-bond acceptors (Lipinski definition) is 4. The minimum absolute atomic E-state index is 0.678. The second kappa shape index (κ2) is 7.81. The van der Waals surface area contributed by atoms with E-state index in [1.54, 1.807) is 11.3 Å². The highest BCUT2D eigenvalue weighted by Crippen LogP contribution is 2.34. The number of halogens is 1. The van der Waals surface area contributed by atoms with Gasteiger partial charge >= 0.3 is 0 Å². The first-order valence-electron chi connectivity index (χ1n) is 7.95. The SMILES string of the molecule is CCOc1ccc(-c2nc(Nc3ccc(Br)cc3)sc2CC)cc1. The lowest BCUT2D eigenvalue weighted by atomic mass is 10.1. The van der Waals surface area contributed by atoms with E-state index in [-0.39, 0.29) is 0 Å². The van der Waals surface area contributed by atoms with Crippen molar-refractivity contribution in [2.75, 3.05) is 11.9 Å². The van der Waals surface area contributed by atoms with Crippen molar-refractivity contribution >= 4 is 38.1 Å². The Hall–Kier alpha value is -1.85. The molecule has 124 valence electrons. The molecule has 1 N–H and O–H groups in total. The Bertz CT molecular complexity index is 797. The Morgan fingerprint density at radius 3 is 2.38 bits per heavy atom. The molecule has 0 aliphatic carbocycles. The molecule has 3 rings (SSSR count). The smallest absolute Gasteiger partial charge is 0.187 e. The summed E-state index contributed by atoms with van der Waals surface area (Å²) in [4.78, 5) is 6.08. The number of thiazole rings is 1. The maximum absolute atomic E-state index is 5.51. The Labute approximate surface area is 154 Å². The summed E-state index contributed by atoms with van der Waals surface area (Å²) in [5, 5.41) is 4.30. The van der Waals surface area contributed by atoms with Gasteiger partial charge in [-0.1, -0.05) is 22.9 Å². The largest absolute Gasteiger partial charge is 0.494 e. The van der Waals surface area contributed by atoms with Gasteiger partial charge < -0.3 is 10.1 Å². The molecule has 2 aromatic carbocycles. The number of hydrogen-bond donors (Lipinski definition) is 1. The zero-order valence-corrected chi connectivity index (χ0v) is 16.1. The molecule has 1 aromatic heterocycles. The predicted octanol–water partition coefficient (Wildman–Crippen LogP) is 6.28. The second-order valence-corrected chi connectivity index (χ2v) is 7.23. The van der Waals surface area contributed by atoms with Crippen molar-refractivity contribution in [3.05, 3.63) is 57.9 Å². The lowest BCUT2D eigenvalue weighted by molar-refractivity contribution is 0.340. The zero-order chi connectivity index (χ0) is 16.9. The molecule has 24 heavy (non-hydrogen) atoms. The van der Waals surface area contributed by atoms with Crippen LogP contribution in [0.2, 0.25) is 0 Å². The minimum atomic E-state index is 0.678. The van der Waals surface area contributed by atoms with Gasteiger partial charge in [0.05, 0.1) is 12.3 Å². The van der Waals surface area contributed by atoms with Gasteiger partial charge in [0, 0.05) is 20.6 Å². The molecule has 0 saturated heterocycles. The zero-order valence-electron chi connectivity index (χ0n) is 13.7. The monoisotopic (exact) mass is 402 g/mol. The third-order valence-corrected chi connectivity index (χ3v) is 5.20. The summed E-state index contributed by atoms with van der Waals surface area (Å²) in [6, 6.07) is 16.2. The normalized spacial score (nSPS) is 10.6. The van der Waals surface area contributed by atoms with Crippen LogP contribution in [0.15, 0.2) is 53.0 Å². The molecule has 1 heterocycles. The third kappa shape index (κ3) is 3.97. The maximum Gasteiger partial charge on any atom is 0.187 e. The van der Waals surface area contributed by atoms with E-state index in [2.05, 4.69) is 40.3 Å². The van der Waals surface area contributed by atoms with Crippen molar-refractivity contribution in [3.8, 4) is 17.0 Å². The molecule has 0 unspecified atom stereocenters. The highest BCUT2D eigenvalue weighted by molar-refractivity contribution is 9.10. The average Bonchev–Trinajstić information content (AvgIpc) is 3.01. The topological polar surface area (TPSA) is 34.1 Å². The first-order chi connectivity index (χ1) is 11.7. The van der Waals surface area contributed by atoms with E-state index in [1.807, 2.05) is 43.3 Å². The van der Waals surface area contributed by atoms with Crippen LogP contribution >= 0.6 is 27.3 Å². The van der Waals surface area contributed by atoms with Crippen molar-refractivity contribution in [2.24, 2.45) is 0 Å². The number of aryl methyl sites for hydroxylation is 1. The molecule has 0 radical (unpaired) electrons. The molecule has 0 bridgehead atoms. The Balaban J connectivity index is 1.85. The van der Waals surface area contributed by atoms with Crippen LogP contribution in [0, 0.1) is 0 Å². The van der Waals surface area contributed by atoms with Gasteiger partial charge in [-0.3, -0.25) is 0 Å². The number of anilines is 2. The Morgan fingerprint density at radius 2 is 1.75 bits per heavy atom. The van der Waals surface area contributed by atoms with E-state index in [0.717, 1.165) is 38.7 Å². The van der Waals surface area contributed by atoms with E-state index in [1.165, 1.54) is 4.88 Å². The van der Waals surface area contributed by atoms with Gasteiger partial charge in [-0.2, -0.15) is 0 Å². The lowest BCUT2D eigenvalue weighted by Crippen LogP contribution is -1.91. The van der Waals surface area contributed by atoms with Gasteiger partial charge in [0.25, 0.3) is 0 Å². The summed E-state index contributed by atoms with van der Waals surface area (Å²) < 4.78 is 6.58. The van der Waals surface area contributed by atoms with Gasteiger partial charge in [0.1, 0.15) is 5.75 Å². The number of aromatic nitrogens is 1. The number of nitrogens with one attached hydrogen (secondary N) is 1. The van der Waals surface area contributed by atoms with Crippen molar-refractivity contribution in [3.63, 3.8) is 0 Å². The van der Waals surface area contributed by atoms with E-state index in [0.29, 0.717) is 6.61 Å². The summed E-state index contributed by atoms with van der Waals surface area (Å²) in [6.45, 7) is 4.83. The molecular weight excluding hydrogens is 384 g/mol. The van der Waals surface area contributed by atoms with Crippen LogP contribution in [0.3, 0.4) is 0 Å². The summed E-state index contributed by atoms with van der Waals surface area (Å²) in [7, 11) is 0. The van der Waals surface area contributed by atoms with Crippen molar-refractivity contribution in [1.82, 2.24) is 4.98 Å². The van der Waals surface area contributed by atoms with Crippen LogP contribution in [0.4, 0.5) is 10.8 Å². The average molecular weight is 403 g/mol. The predicted molar refractivity (Wildman–Crippen MR) is 106 cm³/mol. The molecule has 0 amide bonds. The molecule has 0 spiro atoms. The number of benzene rings is 2. The van der Waals surface area contributed by atoms with Gasteiger partial charge in [-0.15, -0.1) is 11.3 Å². The Kier molecular flexibility index (Phi) is 5.53. The molecule has 0 aliphatic rings. The molecule has 0 atom stereocenters. The van der Waals surface area contributed by atoms with Crippen molar-refractivity contribution in [2.45, 2.75) is 20.3 Å². The van der Waals surface area contributed by atoms with Crippen LogP contribution in [0.25, 0.3) is 11.3 Å². The molecular formula is C19H19BrN2OS. The highest BCUT2D eigenvalue weighted by atomic mass is 79.9. The molecule has 0 fully saturated rings.